The normalized spacial score (nSPS) is 12.4. The van der Waals surface area contributed by atoms with Crippen molar-refractivity contribution in [3.63, 3.8) is 0 Å². The molecule has 3 aromatic rings. The highest BCUT2D eigenvalue weighted by molar-refractivity contribution is 5.97. The third-order valence-corrected chi connectivity index (χ3v) is 7.14. The minimum Gasteiger partial charge on any atom is -0.496 e. The van der Waals surface area contributed by atoms with Crippen molar-refractivity contribution in [3.05, 3.63) is 65.9 Å². The Morgan fingerprint density at radius 2 is 1.59 bits per heavy atom. The predicted octanol–water partition coefficient (Wildman–Crippen LogP) is 4.15. The summed E-state index contributed by atoms with van der Waals surface area (Å²) in [6.45, 7) is 5.94. The number of benzene rings is 2. The Morgan fingerprint density at radius 1 is 0.951 bits per heavy atom. The molecule has 0 bridgehead atoms. The number of carbonyl (C=O) groups excluding carboxylic acids is 3. The van der Waals surface area contributed by atoms with Crippen LogP contribution in [0.15, 0.2) is 54.6 Å². The van der Waals surface area contributed by atoms with Crippen LogP contribution in [0.25, 0.3) is 11.3 Å². The minimum absolute atomic E-state index is 0.0668. The number of aryl methyl sites for hydroxylation is 1. The van der Waals surface area contributed by atoms with Gasteiger partial charge < -0.3 is 24.4 Å². The Labute approximate surface area is 241 Å². The van der Waals surface area contributed by atoms with Gasteiger partial charge in [0.25, 0.3) is 5.91 Å². The van der Waals surface area contributed by atoms with Crippen molar-refractivity contribution in [1.29, 1.82) is 0 Å². The third kappa shape index (κ3) is 7.65. The molecule has 0 aliphatic rings. The van der Waals surface area contributed by atoms with Gasteiger partial charge in [-0.05, 0) is 49.4 Å². The molecule has 0 fully saturated rings. The second-order valence-corrected chi connectivity index (χ2v) is 10.2. The number of likely N-dealkylation sites (N-methyl/N-ethyl adjacent to an activating group) is 1. The third-order valence-electron chi connectivity index (χ3n) is 7.14. The van der Waals surface area contributed by atoms with Crippen LogP contribution in [-0.4, -0.2) is 73.4 Å². The van der Waals surface area contributed by atoms with Crippen LogP contribution in [0, 0.1) is 5.92 Å². The van der Waals surface area contributed by atoms with E-state index < -0.39 is 23.8 Å². The highest BCUT2D eigenvalue weighted by Crippen LogP contribution is 2.40. The first-order chi connectivity index (χ1) is 19.6. The summed E-state index contributed by atoms with van der Waals surface area (Å²) in [4.78, 5) is 40.1. The van der Waals surface area contributed by atoms with Gasteiger partial charge in [0.15, 0.2) is 5.69 Å². The Hall–Kier alpha value is -4.34. The van der Waals surface area contributed by atoms with Gasteiger partial charge in [-0.3, -0.25) is 19.1 Å². The number of aromatic nitrogens is 2. The zero-order valence-corrected chi connectivity index (χ0v) is 24.8. The molecule has 3 rings (SSSR count). The zero-order chi connectivity index (χ0) is 30.1. The van der Waals surface area contributed by atoms with Crippen molar-refractivity contribution in [2.75, 3.05) is 34.9 Å². The number of nitrogens with zero attached hydrogens (tertiary/aromatic N) is 3. The lowest BCUT2D eigenvalue weighted by atomic mass is 10.0. The predicted molar refractivity (Wildman–Crippen MR) is 156 cm³/mol. The van der Waals surface area contributed by atoms with Gasteiger partial charge in [0.2, 0.25) is 5.91 Å². The van der Waals surface area contributed by atoms with Crippen molar-refractivity contribution < 1.29 is 28.6 Å². The highest BCUT2D eigenvalue weighted by atomic mass is 16.5. The molecule has 0 saturated carbocycles. The molecule has 2 atom stereocenters. The number of esters is 1. The summed E-state index contributed by atoms with van der Waals surface area (Å²) in [6.07, 6.45) is 0.877. The first kappa shape index (κ1) is 31.2. The lowest BCUT2D eigenvalue weighted by Gasteiger charge is -2.24. The number of amides is 2. The fourth-order valence-electron chi connectivity index (χ4n) is 4.44. The molecule has 10 heteroatoms. The summed E-state index contributed by atoms with van der Waals surface area (Å²) in [5.41, 5.74) is 2.50. The number of hydrogen-bond donors (Lipinski definition) is 1. The van der Waals surface area contributed by atoms with E-state index in [2.05, 4.69) is 19.2 Å². The summed E-state index contributed by atoms with van der Waals surface area (Å²) in [6, 6.07) is 15.9. The van der Waals surface area contributed by atoms with Crippen molar-refractivity contribution in [2.45, 2.75) is 45.7 Å². The van der Waals surface area contributed by atoms with E-state index >= 15 is 0 Å². The Bertz CT molecular complexity index is 1320. The van der Waals surface area contributed by atoms with Gasteiger partial charge in [-0.15, -0.1) is 0 Å². The number of carbonyl (C=O) groups is 3. The van der Waals surface area contributed by atoms with E-state index in [9.17, 15) is 14.4 Å². The monoisotopic (exact) mass is 564 g/mol. The van der Waals surface area contributed by atoms with E-state index in [-0.39, 0.29) is 24.2 Å². The summed E-state index contributed by atoms with van der Waals surface area (Å²) < 4.78 is 17.8. The van der Waals surface area contributed by atoms with E-state index in [1.165, 1.54) is 19.1 Å². The van der Waals surface area contributed by atoms with Crippen molar-refractivity contribution in [3.8, 4) is 22.8 Å². The molecule has 10 nitrogen and oxygen atoms in total. The van der Waals surface area contributed by atoms with Crippen LogP contribution in [0.2, 0.25) is 0 Å². The molecule has 0 aliphatic heterocycles. The quantitative estimate of drug-likeness (QED) is 0.311. The van der Waals surface area contributed by atoms with Gasteiger partial charge in [-0.1, -0.05) is 50.2 Å². The van der Waals surface area contributed by atoms with E-state index in [0.717, 1.165) is 5.56 Å². The molecule has 220 valence electrons. The summed E-state index contributed by atoms with van der Waals surface area (Å²) in [5, 5.41) is 7.56. The summed E-state index contributed by atoms with van der Waals surface area (Å²) in [7, 11) is 5.92. The molecule has 1 heterocycles. The lowest BCUT2D eigenvalue weighted by Crippen LogP contribution is -2.49. The maximum Gasteiger partial charge on any atom is 0.325 e. The minimum atomic E-state index is -0.894. The first-order valence-electron chi connectivity index (χ1n) is 13.6. The first-order valence-corrected chi connectivity index (χ1v) is 13.6. The maximum atomic E-state index is 13.7. The van der Waals surface area contributed by atoms with Gasteiger partial charge in [-0.2, -0.15) is 5.10 Å². The van der Waals surface area contributed by atoms with Crippen molar-refractivity contribution in [1.82, 2.24) is 20.0 Å². The van der Waals surface area contributed by atoms with Crippen LogP contribution < -0.4 is 14.8 Å². The van der Waals surface area contributed by atoms with E-state index in [1.807, 2.05) is 55.5 Å². The smallest absolute Gasteiger partial charge is 0.325 e. The molecule has 0 spiro atoms. The summed E-state index contributed by atoms with van der Waals surface area (Å²) >= 11 is 0. The van der Waals surface area contributed by atoms with Gasteiger partial charge >= 0.3 is 5.97 Å². The number of methoxy groups -OCH3 is 3. The molecular formula is C31H40N4O6. The lowest BCUT2D eigenvalue weighted by molar-refractivity contribution is -0.146. The van der Waals surface area contributed by atoms with Gasteiger partial charge in [0.1, 0.15) is 24.1 Å². The van der Waals surface area contributed by atoms with E-state index in [0.29, 0.717) is 35.6 Å². The molecule has 2 amide bonds. The molecule has 0 saturated heterocycles. The Morgan fingerprint density at radius 3 is 2.15 bits per heavy atom. The van der Waals surface area contributed by atoms with Crippen LogP contribution in [0.1, 0.15) is 49.3 Å². The largest absolute Gasteiger partial charge is 0.496 e. The standard InChI is InChI=1S/C31H40N4O6/c1-20(2)21(3)35-25(29-26(39-5)14-11-15-27(29)40-6)18-24(33-35)30(37)32-23(17-16-22-12-9-8-10-13-22)31(38)34(4)19-28(36)41-7/h8-15,18,20-21,23H,16-17,19H2,1-7H3,(H,32,37)/t21?,23-/m0/s1. The Balaban J connectivity index is 1.99. The molecule has 1 aromatic heterocycles. The van der Waals surface area contributed by atoms with Crippen molar-refractivity contribution >= 4 is 17.8 Å². The molecular weight excluding hydrogens is 524 g/mol. The van der Waals surface area contributed by atoms with E-state index in [4.69, 9.17) is 19.3 Å². The van der Waals surface area contributed by atoms with Crippen LogP contribution in [0.3, 0.4) is 0 Å². The van der Waals surface area contributed by atoms with Crippen LogP contribution in [0.5, 0.6) is 11.5 Å². The Kier molecular flexibility index (Phi) is 10.9. The van der Waals surface area contributed by atoms with Crippen LogP contribution in [-0.2, 0) is 20.7 Å². The second kappa shape index (κ2) is 14.3. The summed E-state index contributed by atoms with van der Waals surface area (Å²) in [5.74, 6) is -0.0975. The van der Waals surface area contributed by atoms with E-state index in [1.54, 1.807) is 25.0 Å². The molecule has 41 heavy (non-hydrogen) atoms. The molecule has 0 radical (unpaired) electrons. The molecule has 0 aliphatic carbocycles. The highest BCUT2D eigenvalue weighted by Gasteiger charge is 2.29. The van der Waals surface area contributed by atoms with Crippen LogP contribution >= 0.6 is 0 Å². The fourth-order valence-corrected chi connectivity index (χ4v) is 4.44. The number of nitrogens with one attached hydrogen (secondary N) is 1. The topological polar surface area (TPSA) is 112 Å². The fraction of sp³-hybridized carbons (Fsp3) is 0.419. The van der Waals surface area contributed by atoms with Gasteiger partial charge in [-0.25, -0.2) is 0 Å². The molecule has 2 aromatic carbocycles. The van der Waals surface area contributed by atoms with Gasteiger partial charge in [0, 0.05) is 7.05 Å². The average molecular weight is 565 g/mol. The molecule has 1 N–H and O–H groups in total. The SMILES string of the molecule is COC(=O)CN(C)C(=O)[C@H](CCc1ccccc1)NC(=O)c1cc(-c2c(OC)cccc2OC)n(C(C)C(C)C)n1. The number of ether oxygens (including phenoxy) is 3. The zero-order valence-electron chi connectivity index (χ0n) is 24.8. The average Bonchev–Trinajstić information content (AvgIpc) is 3.43. The van der Waals surface area contributed by atoms with Crippen molar-refractivity contribution in [2.24, 2.45) is 5.92 Å². The second-order valence-electron chi connectivity index (χ2n) is 10.2. The van der Waals surface area contributed by atoms with Crippen LogP contribution in [0.4, 0.5) is 0 Å². The number of rotatable bonds is 13. The van der Waals surface area contributed by atoms with Gasteiger partial charge in [0.05, 0.1) is 38.6 Å². The number of hydrogen-bond acceptors (Lipinski definition) is 7. The maximum absolute atomic E-state index is 13.7. The molecule has 1 unspecified atom stereocenters.